The molecule has 32 heavy (non-hydrogen) atoms. The van der Waals surface area contributed by atoms with E-state index in [1.54, 1.807) is 10.9 Å². The van der Waals surface area contributed by atoms with Gasteiger partial charge in [0, 0.05) is 47.9 Å². The van der Waals surface area contributed by atoms with Crippen LogP contribution in [0.25, 0.3) is 22.0 Å². The van der Waals surface area contributed by atoms with Crippen molar-refractivity contribution in [1.82, 2.24) is 29.5 Å². The molecule has 168 valence electrons. The maximum atomic E-state index is 12.9. The minimum atomic E-state index is 0.0508. The van der Waals surface area contributed by atoms with Gasteiger partial charge in [0.2, 0.25) is 5.91 Å². The average molecular weight is 434 g/mol. The number of hydrogen-bond acceptors (Lipinski definition) is 6. The zero-order valence-electron chi connectivity index (χ0n) is 18.9. The van der Waals surface area contributed by atoms with Crippen molar-refractivity contribution >= 4 is 22.6 Å². The molecule has 1 N–H and O–H groups in total. The summed E-state index contributed by atoms with van der Waals surface area (Å²) in [7, 11) is 4.09. The largest absolute Gasteiger partial charge is 0.310 e. The zero-order valence-corrected chi connectivity index (χ0v) is 18.9. The first-order chi connectivity index (χ1) is 15.5. The Labute approximate surface area is 188 Å². The number of aryl methyl sites for hydroxylation is 1. The number of nitrogens with one attached hydrogen (secondary N) is 1. The summed E-state index contributed by atoms with van der Waals surface area (Å²) >= 11 is 0. The van der Waals surface area contributed by atoms with E-state index in [0.717, 1.165) is 48.0 Å². The summed E-state index contributed by atoms with van der Waals surface area (Å²) in [6.07, 6.45) is 11.7. The highest BCUT2D eigenvalue weighted by Crippen LogP contribution is 2.26. The number of hydrogen-bond donors (Lipinski definition) is 1. The van der Waals surface area contributed by atoms with Crippen molar-refractivity contribution < 1.29 is 4.79 Å². The number of nitrogens with zero attached hydrogens (tertiary/aromatic N) is 6. The number of fused-ring (bicyclic) bond motifs is 1. The van der Waals surface area contributed by atoms with Gasteiger partial charge in [0.25, 0.3) is 0 Å². The molecule has 0 unspecified atom stereocenters. The molecule has 0 spiro atoms. The molecule has 8 heteroatoms. The second kappa shape index (κ2) is 8.96. The quantitative estimate of drug-likeness (QED) is 0.682. The van der Waals surface area contributed by atoms with E-state index in [4.69, 9.17) is 0 Å². The fourth-order valence-electron chi connectivity index (χ4n) is 4.94. The number of aromatic nitrogens is 4. The zero-order chi connectivity index (χ0) is 22.1. The van der Waals surface area contributed by atoms with E-state index >= 15 is 0 Å². The molecule has 2 aliphatic rings. The Morgan fingerprint density at radius 2 is 1.72 bits per heavy atom. The van der Waals surface area contributed by atoms with Crippen LogP contribution in [-0.4, -0.2) is 74.7 Å². The summed E-state index contributed by atoms with van der Waals surface area (Å²) in [5.41, 5.74) is 2.82. The van der Waals surface area contributed by atoms with Gasteiger partial charge in [-0.1, -0.05) is 0 Å². The third-order valence-corrected chi connectivity index (χ3v) is 6.96. The summed E-state index contributed by atoms with van der Waals surface area (Å²) in [4.78, 5) is 26.8. The van der Waals surface area contributed by atoms with Crippen molar-refractivity contribution in [3.05, 3.63) is 36.9 Å². The molecule has 5 heterocycles. The first-order valence-electron chi connectivity index (χ1n) is 11.5. The van der Waals surface area contributed by atoms with Crippen LogP contribution >= 0.6 is 0 Å². The van der Waals surface area contributed by atoms with E-state index in [2.05, 4.69) is 43.3 Å². The Hall–Kier alpha value is -2.84. The van der Waals surface area contributed by atoms with Gasteiger partial charge in [0.1, 0.15) is 5.82 Å². The van der Waals surface area contributed by atoms with Crippen LogP contribution in [0.5, 0.6) is 0 Å². The lowest BCUT2D eigenvalue weighted by molar-refractivity contribution is -0.121. The van der Waals surface area contributed by atoms with Gasteiger partial charge < -0.3 is 15.1 Å². The lowest BCUT2D eigenvalue weighted by Gasteiger charge is -2.40. The Balaban J connectivity index is 1.22. The van der Waals surface area contributed by atoms with E-state index in [1.807, 2.05) is 31.7 Å². The molecule has 0 bridgehead atoms. The number of carbonyl (C=O) groups is 1. The number of anilines is 1. The summed E-state index contributed by atoms with van der Waals surface area (Å²) in [6, 6.07) is 4.66. The van der Waals surface area contributed by atoms with Crippen LogP contribution in [0, 0.1) is 5.92 Å². The molecule has 3 aromatic rings. The molecule has 2 aliphatic heterocycles. The predicted molar refractivity (Wildman–Crippen MR) is 125 cm³/mol. The normalized spacial score (nSPS) is 19.4. The van der Waals surface area contributed by atoms with Crippen LogP contribution in [0.1, 0.15) is 25.7 Å². The van der Waals surface area contributed by atoms with Crippen molar-refractivity contribution in [3.63, 3.8) is 0 Å². The number of carbonyl (C=O) groups excluding carboxylic acids is 1. The van der Waals surface area contributed by atoms with E-state index in [1.165, 1.54) is 25.9 Å². The van der Waals surface area contributed by atoms with Crippen LogP contribution in [0.3, 0.4) is 0 Å². The Morgan fingerprint density at radius 1 is 0.938 bits per heavy atom. The fraction of sp³-hybridized carbons (Fsp3) is 0.500. The van der Waals surface area contributed by atoms with Crippen molar-refractivity contribution in [1.29, 1.82) is 0 Å². The van der Waals surface area contributed by atoms with E-state index in [9.17, 15) is 4.79 Å². The molecule has 1 amide bonds. The van der Waals surface area contributed by atoms with Gasteiger partial charge in [-0.25, -0.2) is 4.98 Å². The monoisotopic (exact) mass is 433 g/mol. The fourth-order valence-corrected chi connectivity index (χ4v) is 4.94. The van der Waals surface area contributed by atoms with E-state index < -0.39 is 0 Å². The number of likely N-dealkylation sites (tertiary alicyclic amines) is 2. The average Bonchev–Trinajstić information content (AvgIpc) is 3.25. The highest BCUT2D eigenvalue weighted by Gasteiger charge is 2.30. The van der Waals surface area contributed by atoms with Gasteiger partial charge in [0.15, 0.2) is 0 Å². The van der Waals surface area contributed by atoms with Gasteiger partial charge in [-0.15, -0.1) is 0 Å². The molecular weight excluding hydrogens is 402 g/mol. The summed E-state index contributed by atoms with van der Waals surface area (Å²) in [5, 5.41) is 8.23. The molecule has 0 saturated carbocycles. The Bertz CT molecular complexity index is 1090. The van der Waals surface area contributed by atoms with Crippen molar-refractivity contribution in [3.8, 4) is 11.1 Å². The lowest BCUT2D eigenvalue weighted by atomic mass is 9.93. The Morgan fingerprint density at radius 3 is 2.44 bits per heavy atom. The van der Waals surface area contributed by atoms with Crippen LogP contribution in [-0.2, 0) is 11.8 Å². The predicted octanol–water partition coefficient (Wildman–Crippen LogP) is 2.78. The number of rotatable bonds is 4. The Kier molecular flexibility index (Phi) is 5.89. The van der Waals surface area contributed by atoms with E-state index in [0.29, 0.717) is 11.9 Å². The highest BCUT2D eigenvalue weighted by molar-refractivity contribution is 5.94. The standard InChI is InChI=1S/C24H31N7O/c1-29-7-5-21(6-8-29)31-9-3-17(4-10-31)24(32)28-23-12-18-11-19(13-25-22(18)15-26-23)20-14-27-30(2)16-20/h11-17,21H,3-10H2,1-2H3,(H,26,28,32). The third kappa shape index (κ3) is 4.52. The van der Waals surface area contributed by atoms with Crippen molar-refractivity contribution in [2.24, 2.45) is 13.0 Å². The van der Waals surface area contributed by atoms with E-state index in [-0.39, 0.29) is 11.8 Å². The molecule has 0 atom stereocenters. The van der Waals surface area contributed by atoms with Crippen LogP contribution < -0.4 is 5.32 Å². The second-order valence-electron chi connectivity index (χ2n) is 9.22. The number of piperidine rings is 2. The van der Waals surface area contributed by atoms with Crippen LogP contribution in [0.15, 0.2) is 36.9 Å². The maximum absolute atomic E-state index is 12.9. The molecule has 2 saturated heterocycles. The molecule has 3 aromatic heterocycles. The van der Waals surface area contributed by atoms with Gasteiger partial charge >= 0.3 is 0 Å². The maximum Gasteiger partial charge on any atom is 0.228 e. The molecule has 0 aliphatic carbocycles. The van der Waals surface area contributed by atoms with Crippen molar-refractivity contribution in [2.75, 3.05) is 38.5 Å². The lowest BCUT2D eigenvalue weighted by Crippen LogP contribution is -2.48. The minimum absolute atomic E-state index is 0.0508. The third-order valence-electron chi connectivity index (χ3n) is 6.96. The molecule has 0 radical (unpaired) electrons. The van der Waals surface area contributed by atoms with Crippen LogP contribution in [0.4, 0.5) is 5.82 Å². The smallest absolute Gasteiger partial charge is 0.228 e. The molecule has 0 aromatic carbocycles. The van der Waals surface area contributed by atoms with Gasteiger partial charge in [-0.05, 0) is 71.0 Å². The summed E-state index contributed by atoms with van der Waals surface area (Å²) in [5.74, 6) is 0.719. The number of pyridine rings is 2. The van der Waals surface area contributed by atoms with Gasteiger partial charge in [0.05, 0.1) is 17.9 Å². The first kappa shape index (κ1) is 21.0. The molecule has 2 fully saturated rings. The summed E-state index contributed by atoms with van der Waals surface area (Å²) in [6.45, 7) is 4.37. The van der Waals surface area contributed by atoms with Crippen molar-refractivity contribution in [2.45, 2.75) is 31.7 Å². The summed E-state index contributed by atoms with van der Waals surface area (Å²) < 4.78 is 1.77. The van der Waals surface area contributed by atoms with Crippen LogP contribution in [0.2, 0.25) is 0 Å². The number of amides is 1. The first-order valence-corrected chi connectivity index (χ1v) is 11.5. The van der Waals surface area contributed by atoms with Gasteiger partial charge in [-0.2, -0.15) is 5.10 Å². The molecule has 8 nitrogen and oxygen atoms in total. The highest BCUT2D eigenvalue weighted by atomic mass is 16.1. The molecular formula is C24H31N7O. The topological polar surface area (TPSA) is 79.2 Å². The molecule has 5 rings (SSSR count). The second-order valence-corrected chi connectivity index (χ2v) is 9.22. The SMILES string of the molecule is CN1CCC(N2CCC(C(=O)Nc3cc4cc(-c5cnn(C)c5)cnc4cn3)CC2)CC1. The van der Waals surface area contributed by atoms with Gasteiger partial charge in [-0.3, -0.25) is 14.5 Å². The minimum Gasteiger partial charge on any atom is -0.310 e.